The molecular formula is C15H29NOS. The summed E-state index contributed by atoms with van der Waals surface area (Å²) in [5, 5.41) is 0. The zero-order valence-corrected chi connectivity index (χ0v) is 13.3. The number of carbonyl (C=O) groups is 1. The van der Waals surface area contributed by atoms with Crippen molar-refractivity contribution >= 4 is 18.5 Å². The molecule has 0 radical (unpaired) electrons. The fourth-order valence-corrected chi connectivity index (χ4v) is 3.10. The minimum atomic E-state index is 0.323. The lowest BCUT2D eigenvalue weighted by atomic mass is 9.77. The maximum absolute atomic E-state index is 12.2. The van der Waals surface area contributed by atoms with Crippen LogP contribution in [0.1, 0.15) is 53.4 Å². The van der Waals surface area contributed by atoms with E-state index in [-0.39, 0.29) is 0 Å². The van der Waals surface area contributed by atoms with Crippen LogP contribution in [-0.2, 0) is 4.79 Å². The lowest BCUT2D eigenvalue weighted by molar-refractivity contribution is -0.131. The fourth-order valence-electron chi connectivity index (χ4n) is 2.72. The number of carbonyl (C=O) groups excluding carboxylic acids is 1. The third-order valence-electron chi connectivity index (χ3n) is 4.35. The highest BCUT2D eigenvalue weighted by atomic mass is 32.1. The van der Waals surface area contributed by atoms with Crippen LogP contribution in [0.5, 0.6) is 0 Å². The normalized spacial score (nSPS) is 23.9. The minimum absolute atomic E-state index is 0.323. The molecule has 0 spiro atoms. The van der Waals surface area contributed by atoms with Gasteiger partial charge >= 0.3 is 0 Å². The van der Waals surface area contributed by atoms with E-state index in [9.17, 15) is 4.79 Å². The summed E-state index contributed by atoms with van der Waals surface area (Å²) in [5.41, 5.74) is 0.323. The molecular weight excluding hydrogens is 242 g/mol. The molecule has 1 aliphatic heterocycles. The monoisotopic (exact) mass is 271 g/mol. The van der Waals surface area contributed by atoms with Crippen LogP contribution in [0.2, 0.25) is 0 Å². The second-order valence-corrected chi connectivity index (χ2v) is 7.05. The molecule has 2 unspecified atom stereocenters. The molecule has 1 saturated heterocycles. The molecule has 106 valence electrons. The van der Waals surface area contributed by atoms with Crippen molar-refractivity contribution in [1.82, 2.24) is 4.90 Å². The Balaban J connectivity index is 2.59. The average Bonchev–Trinajstić information content (AvgIpc) is 2.48. The van der Waals surface area contributed by atoms with Crippen molar-refractivity contribution in [2.75, 3.05) is 18.8 Å². The highest BCUT2D eigenvalue weighted by Crippen LogP contribution is 2.34. The standard InChI is InChI=1S/C15H29NOS/c1-5-12(11-18)10-16-9-8-13(15(2,3)4)6-7-14(16)17/h12-13,18H,5-11H2,1-4H3. The molecule has 1 amide bonds. The minimum Gasteiger partial charge on any atom is -0.342 e. The first-order valence-corrected chi connectivity index (χ1v) is 7.90. The molecule has 0 bridgehead atoms. The van der Waals surface area contributed by atoms with Crippen molar-refractivity contribution in [3.8, 4) is 0 Å². The largest absolute Gasteiger partial charge is 0.342 e. The Labute approximate surface area is 118 Å². The van der Waals surface area contributed by atoms with Crippen LogP contribution in [0.3, 0.4) is 0 Å². The van der Waals surface area contributed by atoms with E-state index in [1.807, 2.05) is 0 Å². The Kier molecular flexibility index (Phi) is 6.03. The molecule has 1 aliphatic rings. The topological polar surface area (TPSA) is 20.3 Å². The second kappa shape index (κ2) is 6.83. The van der Waals surface area contributed by atoms with Crippen molar-refractivity contribution in [3.05, 3.63) is 0 Å². The van der Waals surface area contributed by atoms with Crippen molar-refractivity contribution < 1.29 is 4.79 Å². The number of likely N-dealkylation sites (tertiary alicyclic amines) is 1. The molecule has 0 saturated carbocycles. The zero-order chi connectivity index (χ0) is 13.8. The predicted octanol–water partition coefficient (Wildman–Crippen LogP) is 3.62. The zero-order valence-electron chi connectivity index (χ0n) is 12.4. The number of thiol groups is 1. The summed E-state index contributed by atoms with van der Waals surface area (Å²) >= 11 is 4.38. The molecule has 1 heterocycles. The summed E-state index contributed by atoms with van der Waals surface area (Å²) in [6.45, 7) is 10.9. The number of hydrogen-bond donors (Lipinski definition) is 1. The van der Waals surface area contributed by atoms with Crippen LogP contribution in [0.15, 0.2) is 0 Å². The van der Waals surface area contributed by atoms with Gasteiger partial charge in [0, 0.05) is 19.5 Å². The van der Waals surface area contributed by atoms with Crippen molar-refractivity contribution in [2.24, 2.45) is 17.3 Å². The molecule has 2 atom stereocenters. The molecule has 0 aliphatic carbocycles. The van der Waals surface area contributed by atoms with Gasteiger partial charge in [0.05, 0.1) is 0 Å². The van der Waals surface area contributed by atoms with Crippen LogP contribution in [0, 0.1) is 17.3 Å². The maximum Gasteiger partial charge on any atom is 0.222 e. The van der Waals surface area contributed by atoms with E-state index in [0.29, 0.717) is 23.2 Å². The molecule has 2 nitrogen and oxygen atoms in total. The fraction of sp³-hybridized carbons (Fsp3) is 0.933. The third kappa shape index (κ3) is 4.49. The summed E-state index contributed by atoms with van der Waals surface area (Å²) in [6, 6.07) is 0. The Hall–Kier alpha value is -0.180. The second-order valence-electron chi connectivity index (χ2n) is 6.69. The molecule has 3 heteroatoms. The molecule has 0 aromatic heterocycles. The van der Waals surface area contributed by atoms with Gasteiger partial charge in [-0.05, 0) is 35.8 Å². The van der Waals surface area contributed by atoms with Crippen molar-refractivity contribution in [2.45, 2.75) is 53.4 Å². The lowest BCUT2D eigenvalue weighted by Crippen LogP contribution is -2.35. The highest BCUT2D eigenvalue weighted by molar-refractivity contribution is 7.80. The average molecular weight is 271 g/mol. The van der Waals surface area contributed by atoms with E-state index < -0.39 is 0 Å². The van der Waals surface area contributed by atoms with Crippen molar-refractivity contribution in [3.63, 3.8) is 0 Å². The van der Waals surface area contributed by atoms with Gasteiger partial charge in [-0.15, -0.1) is 0 Å². The molecule has 18 heavy (non-hydrogen) atoms. The van der Waals surface area contributed by atoms with Crippen LogP contribution in [0.4, 0.5) is 0 Å². The lowest BCUT2D eigenvalue weighted by Gasteiger charge is -2.30. The molecule has 0 N–H and O–H groups in total. The number of amides is 1. The predicted molar refractivity (Wildman–Crippen MR) is 81.0 cm³/mol. The first-order chi connectivity index (χ1) is 8.38. The maximum atomic E-state index is 12.2. The van der Waals surface area contributed by atoms with E-state index in [1.54, 1.807) is 0 Å². The van der Waals surface area contributed by atoms with E-state index in [2.05, 4.69) is 45.2 Å². The van der Waals surface area contributed by atoms with Crippen LogP contribution in [0.25, 0.3) is 0 Å². The van der Waals surface area contributed by atoms with Gasteiger partial charge in [-0.2, -0.15) is 12.6 Å². The van der Waals surface area contributed by atoms with E-state index >= 15 is 0 Å². The molecule has 0 aromatic rings. The summed E-state index contributed by atoms with van der Waals surface area (Å²) in [6.07, 6.45) is 4.04. The highest BCUT2D eigenvalue weighted by Gasteiger charge is 2.30. The van der Waals surface area contributed by atoms with Gasteiger partial charge < -0.3 is 4.90 Å². The van der Waals surface area contributed by atoms with Gasteiger partial charge in [0.15, 0.2) is 0 Å². The molecule has 1 fully saturated rings. The summed E-state index contributed by atoms with van der Waals surface area (Å²) in [7, 11) is 0. The molecule has 0 aromatic carbocycles. The van der Waals surface area contributed by atoms with Crippen LogP contribution in [-0.4, -0.2) is 29.6 Å². The van der Waals surface area contributed by atoms with Gasteiger partial charge in [0.2, 0.25) is 5.91 Å². The Morgan fingerprint density at radius 2 is 2.06 bits per heavy atom. The van der Waals surface area contributed by atoms with Crippen LogP contribution >= 0.6 is 12.6 Å². The summed E-state index contributed by atoms with van der Waals surface area (Å²) < 4.78 is 0. The first kappa shape index (κ1) is 15.9. The quantitative estimate of drug-likeness (QED) is 0.774. The van der Waals surface area contributed by atoms with Gasteiger partial charge in [0.1, 0.15) is 0 Å². The smallest absolute Gasteiger partial charge is 0.222 e. The van der Waals surface area contributed by atoms with Gasteiger partial charge in [-0.1, -0.05) is 34.1 Å². The summed E-state index contributed by atoms with van der Waals surface area (Å²) in [4.78, 5) is 14.2. The van der Waals surface area contributed by atoms with Gasteiger partial charge in [-0.25, -0.2) is 0 Å². The van der Waals surface area contributed by atoms with E-state index in [1.165, 1.54) is 0 Å². The van der Waals surface area contributed by atoms with Gasteiger partial charge in [-0.3, -0.25) is 4.79 Å². The summed E-state index contributed by atoms with van der Waals surface area (Å²) in [5.74, 6) is 2.44. The van der Waals surface area contributed by atoms with Gasteiger partial charge in [0.25, 0.3) is 0 Å². The van der Waals surface area contributed by atoms with E-state index in [4.69, 9.17) is 0 Å². The SMILES string of the molecule is CCC(CS)CN1CCC(C(C)(C)C)CCC1=O. The Bertz CT molecular complexity index is 268. The number of hydrogen-bond acceptors (Lipinski definition) is 2. The number of nitrogens with zero attached hydrogens (tertiary/aromatic N) is 1. The van der Waals surface area contributed by atoms with E-state index in [0.717, 1.165) is 44.5 Å². The first-order valence-electron chi connectivity index (χ1n) is 7.27. The van der Waals surface area contributed by atoms with Crippen molar-refractivity contribution in [1.29, 1.82) is 0 Å². The Morgan fingerprint density at radius 1 is 1.39 bits per heavy atom. The number of rotatable bonds is 4. The Morgan fingerprint density at radius 3 is 2.56 bits per heavy atom. The third-order valence-corrected chi connectivity index (χ3v) is 4.86. The molecule has 1 rings (SSSR count). The van der Waals surface area contributed by atoms with Crippen LogP contribution < -0.4 is 0 Å².